The summed E-state index contributed by atoms with van der Waals surface area (Å²) in [5.41, 5.74) is 0.854. The van der Waals surface area contributed by atoms with Crippen molar-refractivity contribution >= 4 is 0 Å². The zero-order valence-corrected chi connectivity index (χ0v) is 10.7. The summed E-state index contributed by atoms with van der Waals surface area (Å²) in [5.74, 6) is 0.179. The van der Waals surface area contributed by atoms with Crippen molar-refractivity contribution in [2.75, 3.05) is 13.2 Å². The number of rotatable bonds is 7. The van der Waals surface area contributed by atoms with Gasteiger partial charge in [0.15, 0.2) is 0 Å². The molecule has 3 nitrogen and oxygen atoms in total. The zero-order valence-electron chi connectivity index (χ0n) is 10.7. The number of nitrogens with zero attached hydrogens (tertiary/aromatic N) is 1. The molecule has 0 spiro atoms. The van der Waals surface area contributed by atoms with Gasteiger partial charge >= 0.3 is 0 Å². The molecule has 0 amide bonds. The summed E-state index contributed by atoms with van der Waals surface area (Å²) in [7, 11) is 0. The van der Waals surface area contributed by atoms with Crippen molar-refractivity contribution in [3.63, 3.8) is 0 Å². The second kappa shape index (κ2) is 7.35. The predicted molar refractivity (Wildman–Crippen MR) is 66.2 cm³/mol. The van der Waals surface area contributed by atoms with Crippen molar-refractivity contribution in [2.24, 2.45) is 5.92 Å². The molecule has 0 aromatic carbocycles. The molecule has 0 saturated carbocycles. The van der Waals surface area contributed by atoms with Gasteiger partial charge in [-0.3, -0.25) is 4.98 Å². The van der Waals surface area contributed by atoms with Crippen molar-refractivity contribution in [3.05, 3.63) is 29.8 Å². The van der Waals surface area contributed by atoms with Crippen molar-refractivity contribution in [2.45, 2.75) is 33.4 Å². The van der Waals surface area contributed by atoms with Crippen LogP contribution in [0.15, 0.2) is 18.5 Å². The molecular weight excluding hydrogens is 219 g/mol. The van der Waals surface area contributed by atoms with Crippen LogP contribution in [-0.2, 0) is 11.3 Å². The molecule has 1 atom stereocenters. The largest absolute Gasteiger partial charge is 0.380 e. The lowest BCUT2D eigenvalue weighted by molar-refractivity contribution is 0.108. The summed E-state index contributed by atoms with van der Waals surface area (Å²) in [6, 6.07) is 1.77. The molecular formula is C13H21FN2O. The summed E-state index contributed by atoms with van der Waals surface area (Å²) < 4.78 is 18.4. The topological polar surface area (TPSA) is 34.1 Å². The molecule has 0 saturated heterocycles. The quantitative estimate of drug-likeness (QED) is 0.794. The molecule has 96 valence electrons. The average molecular weight is 240 g/mol. The van der Waals surface area contributed by atoms with Crippen LogP contribution in [0.3, 0.4) is 0 Å². The first-order chi connectivity index (χ1) is 8.13. The Hall–Kier alpha value is -1.00. The van der Waals surface area contributed by atoms with Crippen LogP contribution in [0, 0.1) is 11.7 Å². The molecule has 0 aliphatic rings. The normalized spacial score (nSPS) is 13.0. The molecule has 1 heterocycles. The summed E-state index contributed by atoms with van der Waals surface area (Å²) in [5, 5.41) is 3.37. The first kappa shape index (κ1) is 14.1. The molecule has 0 aliphatic carbocycles. The maximum Gasteiger partial charge on any atom is 0.141 e. The first-order valence-corrected chi connectivity index (χ1v) is 6.04. The number of ether oxygens (including phenoxy) is 1. The van der Waals surface area contributed by atoms with Gasteiger partial charge in [0.2, 0.25) is 0 Å². The molecule has 1 unspecified atom stereocenters. The first-order valence-electron chi connectivity index (χ1n) is 6.04. The van der Waals surface area contributed by atoms with Gasteiger partial charge in [-0.05, 0) is 24.5 Å². The molecule has 0 radical (unpaired) electrons. The van der Waals surface area contributed by atoms with Gasteiger partial charge in [0.05, 0.1) is 12.8 Å². The van der Waals surface area contributed by atoms with E-state index < -0.39 is 0 Å². The molecule has 1 aromatic heterocycles. The lowest BCUT2D eigenvalue weighted by Crippen LogP contribution is -2.37. The highest BCUT2D eigenvalue weighted by atomic mass is 19.1. The van der Waals surface area contributed by atoms with E-state index in [1.165, 1.54) is 12.3 Å². The smallest absolute Gasteiger partial charge is 0.141 e. The van der Waals surface area contributed by atoms with Gasteiger partial charge < -0.3 is 10.1 Å². The van der Waals surface area contributed by atoms with Crippen molar-refractivity contribution in [1.29, 1.82) is 0 Å². The van der Waals surface area contributed by atoms with Gasteiger partial charge in [0.1, 0.15) is 5.82 Å². The molecule has 1 rings (SSSR count). The third kappa shape index (κ3) is 5.24. The highest BCUT2D eigenvalue weighted by Crippen LogP contribution is 2.05. The second-order valence-electron chi connectivity index (χ2n) is 4.40. The van der Waals surface area contributed by atoms with Crippen molar-refractivity contribution in [1.82, 2.24) is 10.3 Å². The Balaban J connectivity index is 2.45. The third-order valence-corrected chi connectivity index (χ3v) is 2.64. The predicted octanol–water partition coefficient (Wildman–Crippen LogP) is 2.37. The zero-order chi connectivity index (χ0) is 12.7. The Morgan fingerprint density at radius 3 is 2.76 bits per heavy atom. The molecule has 0 aliphatic heterocycles. The van der Waals surface area contributed by atoms with Crippen LogP contribution in [0.25, 0.3) is 0 Å². The Morgan fingerprint density at radius 1 is 1.41 bits per heavy atom. The minimum atomic E-state index is -0.296. The molecule has 0 bridgehead atoms. The molecule has 0 fully saturated rings. The molecule has 4 heteroatoms. The fraction of sp³-hybridized carbons (Fsp3) is 0.615. The van der Waals surface area contributed by atoms with E-state index in [0.717, 1.165) is 5.56 Å². The van der Waals surface area contributed by atoms with Gasteiger partial charge in [-0.1, -0.05) is 13.8 Å². The van der Waals surface area contributed by atoms with Gasteiger partial charge in [0, 0.05) is 25.4 Å². The van der Waals surface area contributed by atoms with Crippen LogP contribution in [0.1, 0.15) is 26.3 Å². The van der Waals surface area contributed by atoms with E-state index in [1.54, 1.807) is 6.20 Å². The highest BCUT2D eigenvalue weighted by Gasteiger charge is 2.12. The summed E-state index contributed by atoms with van der Waals surface area (Å²) in [4.78, 5) is 3.82. The summed E-state index contributed by atoms with van der Waals surface area (Å²) in [6.45, 7) is 8.26. The van der Waals surface area contributed by atoms with Crippen LogP contribution in [0.5, 0.6) is 0 Å². The maximum absolute atomic E-state index is 12.9. The van der Waals surface area contributed by atoms with Gasteiger partial charge in [0.25, 0.3) is 0 Å². The number of nitrogens with one attached hydrogen (secondary N) is 1. The molecule has 1 N–H and O–H groups in total. The Bertz CT molecular complexity index is 331. The SMILES string of the molecule is CCOCC(NCc1cncc(F)c1)C(C)C. The van der Waals surface area contributed by atoms with E-state index in [4.69, 9.17) is 4.74 Å². The van der Waals surface area contributed by atoms with E-state index in [2.05, 4.69) is 24.1 Å². The summed E-state index contributed by atoms with van der Waals surface area (Å²) >= 11 is 0. The van der Waals surface area contributed by atoms with Crippen LogP contribution in [0.4, 0.5) is 4.39 Å². The van der Waals surface area contributed by atoms with Gasteiger partial charge in [-0.25, -0.2) is 4.39 Å². The van der Waals surface area contributed by atoms with E-state index in [9.17, 15) is 4.39 Å². The Kier molecular flexibility index (Phi) is 6.08. The van der Waals surface area contributed by atoms with Gasteiger partial charge in [-0.2, -0.15) is 0 Å². The lowest BCUT2D eigenvalue weighted by atomic mass is 10.1. The fourth-order valence-corrected chi connectivity index (χ4v) is 1.53. The van der Waals surface area contributed by atoms with Crippen LogP contribution >= 0.6 is 0 Å². The molecule has 1 aromatic rings. The molecule has 17 heavy (non-hydrogen) atoms. The second-order valence-corrected chi connectivity index (χ2v) is 4.40. The minimum absolute atomic E-state index is 0.276. The third-order valence-electron chi connectivity index (χ3n) is 2.64. The number of hydrogen-bond acceptors (Lipinski definition) is 3. The van der Waals surface area contributed by atoms with Crippen LogP contribution in [0.2, 0.25) is 0 Å². The minimum Gasteiger partial charge on any atom is -0.380 e. The summed E-state index contributed by atoms with van der Waals surface area (Å²) in [6.07, 6.45) is 2.89. The van der Waals surface area contributed by atoms with E-state index in [-0.39, 0.29) is 11.9 Å². The number of hydrogen-bond donors (Lipinski definition) is 1. The fourth-order valence-electron chi connectivity index (χ4n) is 1.53. The number of aromatic nitrogens is 1. The Morgan fingerprint density at radius 2 is 2.18 bits per heavy atom. The van der Waals surface area contributed by atoms with E-state index in [0.29, 0.717) is 25.7 Å². The average Bonchev–Trinajstić information content (AvgIpc) is 2.28. The van der Waals surface area contributed by atoms with E-state index >= 15 is 0 Å². The standard InChI is InChI=1S/C13H21FN2O/c1-4-17-9-13(10(2)3)16-7-11-5-12(14)8-15-6-11/h5-6,8,10,13,16H,4,7,9H2,1-3H3. The monoisotopic (exact) mass is 240 g/mol. The van der Waals surface area contributed by atoms with Crippen LogP contribution < -0.4 is 5.32 Å². The number of halogens is 1. The van der Waals surface area contributed by atoms with Gasteiger partial charge in [-0.15, -0.1) is 0 Å². The lowest BCUT2D eigenvalue weighted by Gasteiger charge is -2.22. The highest BCUT2D eigenvalue weighted by molar-refractivity contribution is 5.09. The Labute approximate surface area is 102 Å². The van der Waals surface area contributed by atoms with Crippen LogP contribution in [-0.4, -0.2) is 24.2 Å². The number of pyridine rings is 1. The van der Waals surface area contributed by atoms with Crippen molar-refractivity contribution < 1.29 is 9.13 Å². The maximum atomic E-state index is 12.9. The van der Waals surface area contributed by atoms with Crippen molar-refractivity contribution in [3.8, 4) is 0 Å². The van der Waals surface area contributed by atoms with E-state index in [1.807, 2.05) is 6.92 Å².